The van der Waals surface area contributed by atoms with Gasteiger partial charge in [0.1, 0.15) is 5.75 Å². The van der Waals surface area contributed by atoms with Gasteiger partial charge in [0.15, 0.2) is 0 Å². The Kier molecular flexibility index (Phi) is 3.08. The Morgan fingerprint density at radius 3 is 2.82 bits per heavy atom. The van der Waals surface area contributed by atoms with Crippen LogP contribution in [-0.4, -0.2) is 23.4 Å². The van der Waals surface area contributed by atoms with Crippen molar-refractivity contribution in [2.24, 2.45) is 5.41 Å². The molecule has 1 unspecified atom stereocenters. The van der Waals surface area contributed by atoms with Crippen LogP contribution >= 0.6 is 11.8 Å². The highest BCUT2D eigenvalue weighted by atomic mass is 32.2. The van der Waals surface area contributed by atoms with E-state index in [0.29, 0.717) is 0 Å². The third kappa shape index (κ3) is 2.14. The van der Waals surface area contributed by atoms with Crippen LogP contribution in [0.5, 0.6) is 5.75 Å². The molecule has 0 bridgehead atoms. The summed E-state index contributed by atoms with van der Waals surface area (Å²) < 4.78 is 5.18. The van der Waals surface area contributed by atoms with Gasteiger partial charge in [-0.3, -0.25) is 4.79 Å². The smallest absolute Gasteiger partial charge is 0.310 e. The summed E-state index contributed by atoms with van der Waals surface area (Å²) in [6, 6.07) is 5.93. The largest absolute Gasteiger partial charge is 0.497 e. The number of carboxylic acid groups (broad SMARTS) is 1. The summed E-state index contributed by atoms with van der Waals surface area (Å²) in [4.78, 5) is 12.4. The summed E-state index contributed by atoms with van der Waals surface area (Å²) in [7, 11) is 1.64. The molecule has 0 saturated carbocycles. The molecule has 1 heterocycles. The molecule has 1 N–H and O–H groups in total. The molecule has 0 amide bonds. The number of aliphatic carboxylic acids is 1. The highest BCUT2D eigenvalue weighted by molar-refractivity contribution is 8.00. The van der Waals surface area contributed by atoms with Crippen molar-refractivity contribution < 1.29 is 14.6 Å². The molecule has 0 saturated heterocycles. The molecule has 0 aliphatic carbocycles. The first-order valence-corrected chi connectivity index (χ1v) is 6.40. The molecule has 1 atom stereocenters. The predicted molar refractivity (Wildman–Crippen MR) is 67.8 cm³/mol. The van der Waals surface area contributed by atoms with Gasteiger partial charge in [0, 0.05) is 10.1 Å². The summed E-state index contributed by atoms with van der Waals surface area (Å²) in [6.07, 6.45) is 0.788. The zero-order valence-electron chi connectivity index (χ0n) is 10.2. The van der Waals surface area contributed by atoms with Gasteiger partial charge in [-0.15, -0.1) is 11.8 Å². The Morgan fingerprint density at radius 1 is 1.53 bits per heavy atom. The van der Waals surface area contributed by atoms with Crippen LogP contribution in [0.3, 0.4) is 0 Å². The second-order valence-electron chi connectivity index (χ2n) is 4.81. The van der Waals surface area contributed by atoms with Crippen LogP contribution in [0.25, 0.3) is 0 Å². The fourth-order valence-corrected chi connectivity index (χ4v) is 3.30. The molecule has 0 spiro atoms. The van der Waals surface area contributed by atoms with Crippen molar-refractivity contribution in [2.45, 2.75) is 30.4 Å². The number of carboxylic acids is 1. The second-order valence-corrected chi connectivity index (χ2v) is 6.06. The summed E-state index contributed by atoms with van der Waals surface area (Å²) in [6.45, 7) is 3.58. The third-order valence-electron chi connectivity index (χ3n) is 3.30. The van der Waals surface area contributed by atoms with Crippen LogP contribution in [0, 0.1) is 5.41 Å². The molecular formula is C13H16O3S. The molecule has 17 heavy (non-hydrogen) atoms. The van der Waals surface area contributed by atoms with E-state index in [0.717, 1.165) is 12.2 Å². The van der Waals surface area contributed by atoms with Crippen LogP contribution in [0.1, 0.15) is 19.4 Å². The number of hydrogen-bond donors (Lipinski definition) is 1. The zero-order valence-corrected chi connectivity index (χ0v) is 11.0. The summed E-state index contributed by atoms with van der Waals surface area (Å²) in [5, 5.41) is 9.33. The minimum Gasteiger partial charge on any atom is -0.497 e. The minimum atomic E-state index is -0.741. The number of methoxy groups -OCH3 is 1. The molecule has 1 aliphatic heterocycles. The normalized spacial score (nSPS) is 18.9. The van der Waals surface area contributed by atoms with Gasteiger partial charge in [-0.25, -0.2) is 0 Å². The second kappa shape index (κ2) is 4.26. The molecule has 0 radical (unpaired) electrons. The fourth-order valence-electron chi connectivity index (χ4n) is 1.89. The van der Waals surface area contributed by atoms with Crippen LogP contribution in [0.15, 0.2) is 23.1 Å². The Hall–Kier alpha value is -1.16. The molecule has 0 fully saturated rings. The van der Waals surface area contributed by atoms with Crippen molar-refractivity contribution in [2.75, 3.05) is 7.11 Å². The number of fused-ring (bicyclic) bond motifs is 1. The van der Waals surface area contributed by atoms with E-state index in [1.807, 2.05) is 18.2 Å². The zero-order chi connectivity index (χ0) is 12.6. The van der Waals surface area contributed by atoms with Crippen molar-refractivity contribution in [1.82, 2.24) is 0 Å². The standard InChI is InChI=1S/C13H16O3S/c1-13(2,12(14)15)11-7-8-6-9(16-3)4-5-10(8)17-11/h4-6,11H,7H2,1-3H3,(H,14,15). The molecule has 1 aromatic carbocycles. The molecule has 2 rings (SSSR count). The predicted octanol–water partition coefficient (Wildman–Crippen LogP) is 2.82. The molecular weight excluding hydrogens is 236 g/mol. The number of carbonyl (C=O) groups is 1. The van der Waals surface area contributed by atoms with E-state index < -0.39 is 11.4 Å². The Morgan fingerprint density at radius 2 is 2.24 bits per heavy atom. The van der Waals surface area contributed by atoms with Crippen molar-refractivity contribution in [3.05, 3.63) is 23.8 Å². The van der Waals surface area contributed by atoms with E-state index in [9.17, 15) is 9.90 Å². The first-order chi connectivity index (χ1) is 7.95. The molecule has 4 heteroatoms. The monoisotopic (exact) mass is 252 g/mol. The average Bonchev–Trinajstić information content (AvgIpc) is 2.71. The van der Waals surface area contributed by atoms with Crippen LogP contribution in [0.2, 0.25) is 0 Å². The first kappa shape index (κ1) is 12.3. The molecule has 0 aromatic heterocycles. The van der Waals surface area contributed by atoms with Gasteiger partial charge in [-0.2, -0.15) is 0 Å². The van der Waals surface area contributed by atoms with Gasteiger partial charge in [0.05, 0.1) is 12.5 Å². The van der Waals surface area contributed by atoms with E-state index >= 15 is 0 Å². The SMILES string of the molecule is COc1ccc2c(c1)CC(C(C)(C)C(=O)O)S2. The minimum absolute atomic E-state index is 0.0853. The van der Waals surface area contributed by atoms with Crippen LogP contribution in [0.4, 0.5) is 0 Å². The van der Waals surface area contributed by atoms with E-state index in [2.05, 4.69) is 0 Å². The molecule has 92 valence electrons. The first-order valence-electron chi connectivity index (χ1n) is 5.52. The quantitative estimate of drug-likeness (QED) is 0.898. The number of rotatable bonds is 3. The average molecular weight is 252 g/mol. The lowest BCUT2D eigenvalue weighted by molar-refractivity contribution is -0.146. The maximum absolute atomic E-state index is 11.2. The van der Waals surface area contributed by atoms with Gasteiger partial charge < -0.3 is 9.84 Å². The third-order valence-corrected chi connectivity index (χ3v) is 4.99. The highest BCUT2D eigenvalue weighted by Gasteiger charge is 2.41. The molecule has 1 aliphatic rings. The Bertz CT molecular complexity index is 454. The topological polar surface area (TPSA) is 46.5 Å². The fraction of sp³-hybridized carbons (Fsp3) is 0.462. The van der Waals surface area contributed by atoms with Gasteiger partial charge in [-0.05, 0) is 44.0 Å². The number of benzene rings is 1. The number of ether oxygens (including phenoxy) is 1. The highest BCUT2D eigenvalue weighted by Crippen LogP contribution is 2.46. The number of thioether (sulfide) groups is 1. The Labute approximate surface area is 105 Å². The van der Waals surface area contributed by atoms with Crippen molar-refractivity contribution in [3.8, 4) is 5.75 Å². The summed E-state index contributed by atoms with van der Waals surface area (Å²) in [5.41, 5.74) is 0.477. The number of hydrogen-bond acceptors (Lipinski definition) is 3. The molecule has 3 nitrogen and oxygen atoms in total. The van der Waals surface area contributed by atoms with Gasteiger partial charge in [-0.1, -0.05) is 0 Å². The molecule has 1 aromatic rings. The van der Waals surface area contributed by atoms with Gasteiger partial charge >= 0.3 is 5.97 Å². The van der Waals surface area contributed by atoms with Crippen molar-refractivity contribution in [3.63, 3.8) is 0 Å². The van der Waals surface area contributed by atoms with E-state index in [1.165, 1.54) is 10.5 Å². The van der Waals surface area contributed by atoms with Crippen LogP contribution in [-0.2, 0) is 11.2 Å². The lowest BCUT2D eigenvalue weighted by atomic mass is 9.86. The lowest BCUT2D eigenvalue weighted by Gasteiger charge is -2.25. The summed E-state index contributed by atoms with van der Waals surface area (Å²) in [5.74, 6) is 0.0907. The summed E-state index contributed by atoms with van der Waals surface area (Å²) >= 11 is 1.65. The maximum atomic E-state index is 11.2. The van der Waals surface area contributed by atoms with E-state index in [1.54, 1.807) is 32.7 Å². The maximum Gasteiger partial charge on any atom is 0.310 e. The van der Waals surface area contributed by atoms with E-state index in [4.69, 9.17) is 4.74 Å². The Balaban J connectivity index is 2.24. The van der Waals surface area contributed by atoms with Crippen LogP contribution < -0.4 is 4.74 Å². The van der Waals surface area contributed by atoms with Gasteiger partial charge in [0.2, 0.25) is 0 Å². The van der Waals surface area contributed by atoms with Crippen molar-refractivity contribution >= 4 is 17.7 Å². The van der Waals surface area contributed by atoms with Crippen molar-refractivity contribution in [1.29, 1.82) is 0 Å². The van der Waals surface area contributed by atoms with Gasteiger partial charge in [0.25, 0.3) is 0 Å². The van der Waals surface area contributed by atoms with E-state index in [-0.39, 0.29) is 5.25 Å². The lowest BCUT2D eigenvalue weighted by Crippen LogP contribution is -2.34.